The zero-order valence-corrected chi connectivity index (χ0v) is 27.8. The number of hydrogen-bond acceptors (Lipinski definition) is 15. The number of nitrogens with one attached hydrogen (secondary N) is 3. The van der Waals surface area contributed by atoms with Crippen molar-refractivity contribution in [2.75, 3.05) is 18.5 Å². The Bertz CT molecular complexity index is 2140. The number of rotatable bonds is 4. The predicted molar refractivity (Wildman–Crippen MR) is 164 cm³/mol. The highest BCUT2D eigenvalue weighted by molar-refractivity contribution is 8.44. The highest BCUT2D eigenvalue weighted by atomic mass is 32.7. The number of alkyl halides is 2. The maximum absolute atomic E-state index is 16.0. The molecule has 2 bridgehead atoms. The highest BCUT2D eigenvalue weighted by Gasteiger charge is 2.53. The van der Waals surface area contributed by atoms with Crippen molar-refractivity contribution in [1.82, 2.24) is 43.8 Å². The third-order valence-corrected chi connectivity index (χ3v) is 10.5. The Morgan fingerprint density at radius 3 is 2.59 bits per heavy atom. The maximum Gasteiger partial charge on any atom is 0.386 e. The number of aromatic amines is 1. The maximum atomic E-state index is 16.0. The van der Waals surface area contributed by atoms with E-state index in [0.29, 0.717) is 5.52 Å². The van der Waals surface area contributed by atoms with Crippen LogP contribution in [0.25, 0.3) is 22.3 Å². The number of aromatic nitrogens is 8. The fourth-order valence-corrected chi connectivity index (χ4v) is 7.90. The van der Waals surface area contributed by atoms with E-state index in [0.717, 1.165) is 10.9 Å². The summed E-state index contributed by atoms with van der Waals surface area (Å²) in [5.41, 5.74) is -0.736. The monoisotopic (exact) mass is 748 g/mol. The van der Waals surface area contributed by atoms with E-state index in [-0.39, 0.29) is 22.8 Å². The number of carbonyl (C=O) groups excluding carboxylic acids is 1. The lowest BCUT2D eigenvalue weighted by Crippen LogP contribution is -2.43. The van der Waals surface area contributed by atoms with Gasteiger partial charge in [-0.1, -0.05) is 26.1 Å². The number of thiol groups is 1. The first-order valence-electron chi connectivity index (χ1n) is 14.5. The third kappa shape index (κ3) is 6.47. The number of carbonyl (C=O) groups is 1. The van der Waals surface area contributed by atoms with Crippen molar-refractivity contribution in [3.63, 3.8) is 0 Å². The summed E-state index contributed by atoms with van der Waals surface area (Å²) in [6, 6.07) is 0. The summed E-state index contributed by atoms with van der Waals surface area (Å²) in [6.45, 7) is -2.83. The summed E-state index contributed by atoms with van der Waals surface area (Å²) in [5.74, 6) is -1.21. The molecule has 4 aromatic rings. The smallest absolute Gasteiger partial charge is 0.347 e. The number of imidazole rings is 2. The number of ether oxygens (including phenoxy) is 2. The zero-order chi connectivity index (χ0) is 34.8. The molecule has 25 heteroatoms. The first-order valence-corrected chi connectivity index (χ1v) is 18.6. The lowest BCUT2D eigenvalue weighted by molar-refractivity contribution is -0.118. The summed E-state index contributed by atoms with van der Waals surface area (Å²) in [4.78, 5) is 47.5. The van der Waals surface area contributed by atoms with Crippen LogP contribution in [0, 0.1) is 5.92 Å². The quantitative estimate of drug-likeness (QED) is 0.166. The molecular formula is C24H27F2N10O10PS2. The molecule has 0 radical (unpaired) electrons. The summed E-state index contributed by atoms with van der Waals surface area (Å²) in [7, 11) is -4.88. The van der Waals surface area contributed by atoms with Crippen molar-refractivity contribution in [1.29, 1.82) is 0 Å². The van der Waals surface area contributed by atoms with Crippen molar-refractivity contribution in [3.8, 4) is 0 Å². The van der Waals surface area contributed by atoms with Gasteiger partial charge in [0.1, 0.15) is 30.2 Å². The zero-order valence-electron chi connectivity index (χ0n) is 25.2. The second kappa shape index (κ2) is 12.7. The van der Waals surface area contributed by atoms with Gasteiger partial charge in [-0.25, -0.2) is 37.5 Å². The van der Waals surface area contributed by atoms with Gasteiger partial charge in [0, 0.05) is 12.5 Å². The van der Waals surface area contributed by atoms with Crippen LogP contribution >= 0.6 is 19.0 Å². The highest BCUT2D eigenvalue weighted by Crippen LogP contribution is 2.57. The number of nitrogens with zero attached hydrogens (tertiary/aromatic N) is 7. The number of fused-ring (bicyclic) bond motifs is 5. The van der Waals surface area contributed by atoms with Crippen LogP contribution in [0.1, 0.15) is 26.3 Å². The second-order valence-electron chi connectivity index (χ2n) is 11.5. The van der Waals surface area contributed by atoms with E-state index in [4.69, 9.17) is 22.7 Å². The third-order valence-electron chi connectivity index (χ3n) is 7.87. The lowest BCUT2D eigenvalue weighted by atomic mass is 10.1. The van der Waals surface area contributed by atoms with Gasteiger partial charge >= 0.3 is 17.1 Å². The fraction of sp³-hybridized carbons (Fsp3) is 0.542. The Labute approximate surface area is 279 Å². The molecule has 7 heterocycles. The molecule has 3 saturated heterocycles. The number of anilines is 1. The van der Waals surface area contributed by atoms with Crippen molar-refractivity contribution < 1.29 is 49.3 Å². The molecular weight excluding hydrogens is 721 g/mol. The number of hydrogen-bond donors (Lipinski definition) is 4. The van der Waals surface area contributed by atoms with Crippen LogP contribution < -0.4 is 15.6 Å². The Balaban J connectivity index is 1.20. The minimum absolute atomic E-state index is 0.192. The molecule has 9 atom stereocenters. The molecule has 0 spiro atoms. The van der Waals surface area contributed by atoms with E-state index in [1.54, 1.807) is 13.8 Å². The topological polar surface area (TPSA) is 246 Å². The van der Waals surface area contributed by atoms with Gasteiger partial charge in [-0.3, -0.25) is 38.1 Å². The standard InChI is InChI=1S/C24H27F2N10O10PS2/c1-9(2)20(37)33-24-32-19-15(21(38)34-24)30-8-36(19)23-17-13(25)12(44-23)5-42-47(39,48)45-16-11(4-31-49(40,41)46-17)43-22(14(16)26)35-7-29-10-3-27-6-28-18(10)35/h3,6-9,11-14,16-17,22-23,31H,4-5H2,1-2H3,(H,39,48)(H2,32,33,34,37,38)/t11-,12-,13-,14-,16-,17-,22-,23-,47-/m1/s1. The second-order valence-corrected chi connectivity index (χ2v) is 15.7. The van der Waals surface area contributed by atoms with E-state index in [1.807, 2.05) is 0 Å². The molecule has 3 N–H and O–H groups in total. The first kappa shape index (κ1) is 34.0. The van der Waals surface area contributed by atoms with Crippen molar-refractivity contribution in [2.45, 2.75) is 63.1 Å². The molecule has 0 aliphatic carbocycles. The minimum atomic E-state index is -4.88. The molecule has 20 nitrogen and oxygen atoms in total. The van der Waals surface area contributed by atoms with Crippen LogP contribution in [-0.2, 0) is 42.4 Å². The van der Waals surface area contributed by atoms with E-state index in [2.05, 4.69) is 52.2 Å². The largest absolute Gasteiger partial charge is 0.386 e. The molecule has 49 heavy (non-hydrogen) atoms. The minimum Gasteiger partial charge on any atom is -0.347 e. The molecule has 7 rings (SSSR count). The summed E-state index contributed by atoms with van der Waals surface area (Å²) in [6.07, 6.45) is -9.37. The number of H-pyrrole nitrogens is 1. The van der Waals surface area contributed by atoms with Gasteiger partial charge in [-0.15, -0.1) is 0 Å². The summed E-state index contributed by atoms with van der Waals surface area (Å²) < 4.78 is 104. The molecule has 3 fully saturated rings. The first-order chi connectivity index (χ1) is 23.2. The Hall–Kier alpha value is -3.48. The summed E-state index contributed by atoms with van der Waals surface area (Å²) in [5, 5.41) is 2.44. The van der Waals surface area contributed by atoms with Gasteiger partial charge in [-0.05, 0) is 0 Å². The van der Waals surface area contributed by atoms with Crippen LogP contribution in [0.3, 0.4) is 0 Å². The van der Waals surface area contributed by atoms with E-state index in [1.165, 1.54) is 23.4 Å². The average molecular weight is 749 g/mol. The molecule has 4 aromatic heterocycles. The van der Waals surface area contributed by atoms with Crippen LogP contribution in [0.4, 0.5) is 14.7 Å². The normalized spacial score (nSPS) is 33.6. The van der Waals surface area contributed by atoms with E-state index >= 15 is 8.78 Å². The van der Waals surface area contributed by atoms with Crippen LogP contribution in [0.15, 0.2) is 30.0 Å². The Morgan fingerprint density at radius 1 is 1.08 bits per heavy atom. The van der Waals surface area contributed by atoms with E-state index < -0.39 is 96.9 Å². The average Bonchev–Trinajstić information content (AvgIpc) is 3.80. The Kier molecular flexibility index (Phi) is 8.80. The van der Waals surface area contributed by atoms with Gasteiger partial charge in [0.15, 0.2) is 47.7 Å². The van der Waals surface area contributed by atoms with Crippen molar-refractivity contribution >= 4 is 63.5 Å². The van der Waals surface area contributed by atoms with Gasteiger partial charge in [-0.2, -0.15) is 18.1 Å². The van der Waals surface area contributed by atoms with Crippen LogP contribution in [0.2, 0.25) is 0 Å². The van der Waals surface area contributed by atoms with Gasteiger partial charge < -0.3 is 9.47 Å². The van der Waals surface area contributed by atoms with Gasteiger partial charge in [0.25, 0.3) is 5.56 Å². The van der Waals surface area contributed by atoms with Crippen molar-refractivity contribution in [2.24, 2.45) is 5.92 Å². The Morgan fingerprint density at radius 2 is 1.82 bits per heavy atom. The number of halogens is 2. The van der Waals surface area contributed by atoms with Gasteiger partial charge in [0.05, 0.1) is 25.5 Å². The molecule has 0 unspecified atom stereocenters. The van der Waals surface area contributed by atoms with Crippen molar-refractivity contribution in [3.05, 3.63) is 35.5 Å². The fourth-order valence-electron chi connectivity index (χ4n) is 5.48. The molecule has 0 saturated carbocycles. The number of amides is 1. The van der Waals surface area contributed by atoms with E-state index in [9.17, 15) is 22.6 Å². The molecule has 3 aliphatic rings. The SMILES string of the molecule is CC(C)C(=O)Nc1nc2c(ncn2[C@@H]2O[C@@H]3CO[P@@](=O)(S)O[C@H]4[C@@H](F)[C@H](n5cnc6cncnc65)O[C@@H]4CNS(=O)(=O)O[C@@H]2[C@@H]3F)c(=O)[nH]1. The molecule has 1 amide bonds. The lowest BCUT2D eigenvalue weighted by Gasteiger charge is -2.24. The van der Waals surface area contributed by atoms with Crippen LogP contribution in [0.5, 0.6) is 0 Å². The molecule has 264 valence electrons. The van der Waals surface area contributed by atoms with Crippen LogP contribution in [-0.4, -0.2) is 103 Å². The molecule has 3 aliphatic heterocycles. The summed E-state index contributed by atoms with van der Waals surface area (Å²) >= 11 is 3.95. The van der Waals surface area contributed by atoms with Gasteiger partial charge in [0.2, 0.25) is 11.9 Å². The molecule has 0 aromatic carbocycles. The predicted octanol–water partition coefficient (Wildman–Crippen LogP) is 0.698.